The van der Waals surface area contributed by atoms with Crippen LogP contribution in [0.4, 0.5) is 4.39 Å². The van der Waals surface area contributed by atoms with Gasteiger partial charge in [0.15, 0.2) is 0 Å². The van der Waals surface area contributed by atoms with Crippen LogP contribution in [0, 0.1) is 5.82 Å². The molecule has 2 aromatic carbocycles. The van der Waals surface area contributed by atoms with E-state index in [2.05, 4.69) is 9.97 Å². The number of imidazole rings is 1. The highest BCUT2D eigenvalue weighted by molar-refractivity contribution is 7.22. The number of benzene rings is 2. The van der Waals surface area contributed by atoms with E-state index in [1.807, 2.05) is 24.3 Å². The van der Waals surface area contributed by atoms with E-state index >= 15 is 0 Å². The molecule has 2 heterocycles. The third-order valence-corrected chi connectivity index (χ3v) is 4.51. The Labute approximate surface area is 124 Å². The maximum atomic E-state index is 13.3. The van der Waals surface area contributed by atoms with E-state index in [1.165, 1.54) is 17.4 Å². The lowest BCUT2D eigenvalue weighted by Gasteiger charge is -1.96. The van der Waals surface area contributed by atoms with E-state index in [9.17, 15) is 4.39 Å². The van der Waals surface area contributed by atoms with E-state index in [4.69, 9.17) is 4.74 Å². The third-order valence-electron chi connectivity index (χ3n) is 3.40. The van der Waals surface area contributed by atoms with Crippen LogP contribution in [0.15, 0.2) is 42.5 Å². The predicted octanol–water partition coefficient (Wildman–Crippen LogP) is 4.59. The monoisotopic (exact) mass is 298 g/mol. The molecule has 21 heavy (non-hydrogen) atoms. The first-order chi connectivity index (χ1) is 10.2. The van der Waals surface area contributed by atoms with Crippen molar-refractivity contribution < 1.29 is 9.13 Å². The van der Waals surface area contributed by atoms with Gasteiger partial charge in [-0.1, -0.05) is 6.07 Å². The predicted molar refractivity (Wildman–Crippen MR) is 83.4 cm³/mol. The molecule has 0 saturated heterocycles. The van der Waals surface area contributed by atoms with Crippen molar-refractivity contribution >= 4 is 32.5 Å². The van der Waals surface area contributed by atoms with Crippen LogP contribution in [0.2, 0.25) is 0 Å². The van der Waals surface area contributed by atoms with Gasteiger partial charge in [-0.15, -0.1) is 11.3 Å². The number of methoxy groups -OCH3 is 1. The molecule has 0 radical (unpaired) electrons. The summed E-state index contributed by atoms with van der Waals surface area (Å²) in [5.41, 5.74) is 1.81. The average Bonchev–Trinajstić information content (AvgIpc) is 3.08. The summed E-state index contributed by atoms with van der Waals surface area (Å²) in [4.78, 5) is 8.86. The highest BCUT2D eigenvalue weighted by atomic mass is 32.1. The van der Waals surface area contributed by atoms with Crippen molar-refractivity contribution in [1.82, 2.24) is 9.97 Å². The number of fused-ring (bicyclic) bond motifs is 2. The molecule has 0 fully saturated rings. The molecule has 0 amide bonds. The lowest BCUT2D eigenvalue weighted by molar-refractivity contribution is 0.415. The zero-order valence-electron chi connectivity index (χ0n) is 11.2. The minimum Gasteiger partial charge on any atom is -0.497 e. The Kier molecular flexibility index (Phi) is 2.68. The molecule has 0 spiro atoms. The van der Waals surface area contributed by atoms with Crippen molar-refractivity contribution in [2.45, 2.75) is 0 Å². The van der Waals surface area contributed by atoms with Crippen LogP contribution in [0.3, 0.4) is 0 Å². The number of aromatic amines is 1. The molecule has 2 aromatic heterocycles. The van der Waals surface area contributed by atoms with Gasteiger partial charge >= 0.3 is 0 Å². The summed E-state index contributed by atoms with van der Waals surface area (Å²) < 4.78 is 19.4. The molecule has 3 nitrogen and oxygen atoms in total. The van der Waals surface area contributed by atoms with Crippen LogP contribution in [-0.2, 0) is 0 Å². The Morgan fingerprint density at radius 1 is 1.14 bits per heavy atom. The molecule has 0 atom stereocenters. The van der Waals surface area contributed by atoms with Crippen LogP contribution in [0.1, 0.15) is 0 Å². The maximum Gasteiger partial charge on any atom is 0.148 e. The van der Waals surface area contributed by atoms with E-state index in [0.717, 1.165) is 37.6 Å². The van der Waals surface area contributed by atoms with Gasteiger partial charge in [0.05, 0.1) is 23.0 Å². The van der Waals surface area contributed by atoms with Crippen molar-refractivity contribution in [2.75, 3.05) is 7.11 Å². The molecular weight excluding hydrogens is 287 g/mol. The van der Waals surface area contributed by atoms with Crippen molar-refractivity contribution in [3.63, 3.8) is 0 Å². The Morgan fingerprint density at radius 2 is 2.05 bits per heavy atom. The molecule has 5 heteroatoms. The van der Waals surface area contributed by atoms with E-state index in [0.29, 0.717) is 0 Å². The number of ether oxygens (including phenoxy) is 1. The number of aromatic nitrogens is 2. The van der Waals surface area contributed by atoms with Gasteiger partial charge in [-0.05, 0) is 35.7 Å². The van der Waals surface area contributed by atoms with Gasteiger partial charge in [-0.25, -0.2) is 9.37 Å². The first-order valence-corrected chi connectivity index (χ1v) is 7.28. The molecule has 4 aromatic rings. The summed E-state index contributed by atoms with van der Waals surface area (Å²) >= 11 is 1.52. The van der Waals surface area contributed by atoms with Crippen LogP contribution >= 0.6 is 11.3 Å². The number of hydrogen-bond donors (Lipinski definition) is 1. The number of hydrogen-bond acceptors (Lipinski definition) is 3. The van der Waals surface area contributed by atoms with E-state index < -0.39 is 0 Å². The Bertz CT molecular complexity index is 957. The molecule has 104 valence electrons. The van der Waals surface area contributed by atoms with Gasteiger partial charge < -0.3 is 9.72 Å². The first kappa shape index (κ1) is 12.3. The number of nitrogens with zero attached hydrogens (tertiary/aromatic N) is 1. The van der Waals surface area contributed by atoms with Gasteiger partial charge in [0, 0.05) is 10.8 Å². The van der Waals surface area contributed by atoms with Crippen molar-refractivity contribution in [3.05, 3.63) is 48.3 Å². The highest BCUT2D eigenvalue weighted by Crippen LogP contribution is 2.33. The van der Waals surface area contributed by atoms with Gasteiger partial charge in [-0.3, -0.25) is 0 Å². The van der Waals surface area contributed by atoms with E-state index in [-0.39, 0.29) is 5.82 Å². The minimum atomic E-state index is -0.217. The van der Waals surface area contributed by atoms with Gasteiger partial charge in [0.25, 0.3) is 0 Å². The highest BCUT2D eigenvalue weighted by Gasteiger charge is 2.10. The second kappa shape index (κ2) is 4.56. The fraction of sp³-hybridized carbons (Fsp3) is 0.0625. The molecule has 0 aliphatic carbocycles. The number of H-pyrrole nitrogens is 1. The molecule has 1 N–H and O–H groups in total. The second-order valence-corrected chi connectivity index (χ2v) is 5.85. The third kappa shape index (κ3) is 2.06. The van der Waals surface area contributed by atoms with Crippen molar-refractivity contribution in [2.24, 2.45) is 0 Å². The Hall–Kier alpha value is -2.40. The fourth-order valence-corrected chi connectivity index (χ4v) is 3.39. The molecule has 0 bridgehead atoms. The summed E-state index contributed by atoms with van der Waals surface area (Å²) in [6.07, 6.45) is 0. The lowest BCUT2D eigenvalue weighted by Crippen LogP contribution is -1.81. The second-order valence-electron chi connectivity index (χ2n) is 4.76. The summed E-state index contributed by atoms with van der Waals surface area (Å²) in [7, 11) is 1.64. The molecular formula is C16H11FN2OS. The Morgan fingerprint density at radius 3 is 2.90 bits per heavy atom. The van der Waals surface area contributed by atoms with Gasteiger partial charge in [-0.2, -0.15) is 0 Å². The summed E-state index contributed by atoms with van der Waals surface area (Å²) in [6.45, 7) is 0. The van der Waals surface area contributed by atoms with Crippen LogP contribution in [-0.4, -0.2) is 17.1 Å². The molecule has 0 aliphatic heterocycles. The molecule has 0 saturated carbocycles. The molecule has 4 rings (SSSR count). The topological polar surface area (TPSA) is 37.9 Å². The fourth-order valence-electron chi connectivity index (χ4n) is 2.35. The number of rotatable bonds is 2. The standard InChI is InChI=1S/C16H11FN2OS/c1-20-11-4-5-12-13(8-11)19-16(18-12)15-6-9-2-3-10(17)7-14(9)21-15/h2-8H,1H3,(H,18,19). The minimum absolute atomic E-state index is 0.217. The number of nitrogens with one attached hydrogen (secondary N) is 1. The first-order valence-electron chi connectivity index (χ1n) is 6.46. The van der Waals surface area contributed by atoms with Crippen LogP contribution in [0.5, 0.6) is 5.75 Å². The van der Waals surface area contributed by atoms with Crippen LogP contribution in [0.25, 0.3) is 31.8 Å². The van der Waals surface area contributed by atoms with Gasteiger partial charge in [0.1, 0.15) is 17.4 Å². The molecule has 0 aliphatic rings. The lowest BCUT2D eigenvalue weighted by atomic mass is 10.2. The normalized spacial score (nSPS) is 11.3. The summed E-state index contributed by atoms with van der Waals surface area (Å²) in [5, 5.41) is 1.02. The smallest absolute Gasteiger partial charge is 0.148 e. The molecule has 0 unspecified atom stereocenters. The SMILES string of the molecule is COc1ccc2nc(-c3cc4ccc(F)cc4s3)[nH]c2c1. The largest absolute Gasteiger partial charge is 0.497 e. The average molecular weight is 298 g/mol. The number of thiophene rings is 1. The van der Waals surface area contributed by atoms with Crippen LogP contribution < -0.4 is 4.74 Å². The van der Waals surface area contributed by atoms with Gasteiger partial charge in [0.2, 0.25) is 0 Å². The Balaban J connectivity index is 1.87. The van der Waals surface area contributed by atoms with Crippen molar-refractivity contribution in [3.8, 4) is 16.5 Å². The van der Waals surface area contributed by atoms with Crippen molar-refractivity contribution in [1.29, 1.82) is 0 Å². The quantitative estimate of drug-likeness (QED) is 0.587. The summed E-state index contributed by atoms with van der Waals surface area (Å²) in [6, 6.07) is 12.6. The zero-order valence-corrected chi connectivity index (χ0v) is 12.0. The maximum absolute atomic E-state index is 13.3. The zero-order chi connectivity index (χ0) is 14.4. The summed E-state index contributed by atoms with van der Waals surface area (Å²) in [5.74, 6) is 1.36. The van der Waals surface area contributed by atoms with E-state index in [1.54, 1.807) is 19.2 Å². The number of halogens is 1.